The van der Waals surface area contributed by atoms with Gasteiger partial charge >= 0.3 is 0 Å². The highest BCUT2D eigenvalue weighted by Gasteiger charge is 2.13. The molecule has 0 aliphatic rings. The Balaban J connectivity index is 3.09. The molecule has 0 atom stereocenters. The van der Waals surface area contributed by atoms with Crippen molar-refractivity contribution in [3.05, 3.63) is 23.3 Å². The molecule has 0 radical (unpaired) electrons. The maximum absolute atomic E-state index is 11.0. The van der Waals surface area contributed by atoms with Gasteiger partial charge in [-0.25, -0.2) is 0 Å². The van der Waals surface area contributed by atoms with Crippen molar-refractivity contribution in [3.63, 3.8) is 0 Å². The van der Waals surface area contributed by atoms with Crippen LogP contribution < -0.4 is 9.47 Å². The van der Waals surface area contributed by atoms with Gasteiger partial charge in [0.05, 0.1) is 27.1 Å². The largest absolute Gasteiger partial charge is 0.493 e. The van der Waals surface area contributed by atoms with Gasteiger partial charge in [-0.05, 0) is 29.7 Å². The molecule has 0 saturated heterocycles. The molecule has 0 N–H and O–H groups in total. The summed E-state index contributed by atoms with van der Waals surface area (Å²) in [5, 5.41) is 0. The van der Waals surface area contributed by atoms with Crippen molar-refractivity contribution in [1.29, 1.82) is 0 Å². The van der Waals surface area contributed by atoms with Crippen LogP contribution in [0.25, 0.3) is 0 Å². The number of methoxy groups -OCH3 is 2. The van der Waals surface area contributed by atoms with E-state index in [9.17, 15) is 8.42 Å². The van der Waals surface area contributed by atoms with Gasteiger partial charge in [0.25, 0.3) is 10.1 Å². The summed E-state index contributed by atoms with van der Waals surface area (Å²) in [6.07, 6.45) is 2.81. The van der Waals surface area contributed by atoms with Crippen LogP contribution in [0.4, 0.5) is 0 Å². The van der Waals surface area contributed by atoms with Gasteiger partial charge in [0.1, 0.15) is 0 Å². The van der Waals surface area contributed by atoms with Crippen molar-refractivity contribution in [2.75, 3.05) is 20.5 Å². The third-order valence-electron chi connectivity index (χ3n) is 2.57. The topological polar surface area (TPSA) is 61.8 Å². The molecule has 1 rings (SSSR count). The van der Waals surface area contributed by atoms with E-state index in [1.165, 1.54) is 0 Å². The average molecular weight is 288 g/mol. The molecule has 1 aromatic rings. The smallest absolute Gasteiger partial charge is 0.264 e. The number of hydrogen-bond donors (Lipinski definition) is 0. The molecular weight excluding hydrogens is 268 g/mol. The van der Waals surface area contributed by atoms with E-state index in [1.807, 2.05) is 6.07 Å². The number of ether oxygens (including phenoxy) is 2. The van der Waals surface area contributed by atoms with Gasteiger partial charge in [-0.1, -0.05) is 13.3 Å². The fourth-order valence-corrected chi connectivity index (χ4v) is 2.17. The number of hydrogen-bond acceptors (Lipinski definition) is 5. The molecule has 0 heterocycles. The van der Waals surface area contributed by atoms with Crippen LogP contribution in [0.15, 0.2) is 12.1 Å². The zero-order valence-corrected chi connectivity index (χ0v) is 12.5. The lowest BCUT2D eigenvalue weighted by Crippen LogP contribution is -2.04. The highest BCUT2D eigenvalue weighted by molar-refractivity contribution is 7.85. The Kier molecular flexibility index (Phi) is 5.62. The molecule has 0 aromatic heterocycles. The third kappa shape index (κ3) is 4.72. The average Bonchev–Trinajstić information content (AvgIpc) is 2.35. The number of benzene rings is 1. The molecule has 1 aromatic carbocycles. The Morgan fingerprint density at radius 3 is 2.32 bits per heavy atom. The molecular formula is C13H20O5S. The fraction of sp³-hybridized carbons (Fsp3) is 0.538. The van der Waals surface area contributed by atoms with Crippen LogP contribution in [0.5, 0.6) is 11.5 Å². The second-order valence-electron chi connectivity index (χ2n) is 4.21. The van der Waals surface area contributed by atoms with Gasteiger partial charge < -0.3 is 9.47 Å². The molecule has 0 unspecified atom stereocenters. The minimum Gasteiger partial charge on any atom is -0.493 e. The molecule has 19 heavy (non-hydrogen) atoms. The van der Waals surface area contributed by atoms with Crippen LogP contribution in [0.2, 0.25) is 0 Å². The van der Waals surface area contributed by atoms with Crippen LogP contribution in [0.3, 0.4) is 0 Å². The molecule has 0 saturated carbocycles. The van der Waals surface area contributed by atoms with Crippen LogP contribution in [0.1, 0.15) is 24.5 Å². The van der Waals surface area contributed by atoms with Crippen molar-refractivity contribution in [2.24, 2.45) is 0 Å². The van der Waals surface area contributed by atoms with Gasteiger partial charge in [0.2, 0.25) is 0 Å². The van der Waals surface area contributed by atoms with Crippen molar-refractivity contribution in [1.82, 2.24) is 0 Å². The molecule has 0 aliphatic carbocycles. The number of aryl methyl sites for hydroxylation is 1. The first-order valence-corrected chi connectivity index (χ1v) is 7.81. The first kappa shape index (κ1) is 15.8. The van der Waals surface area contributed by atoms with Gasteiger partial charge in [0.15, 0.2) is 11.5 Å². The molecule has 108 valence electrons. The standard InChI is InChI=1S/C13H20O5S/c1-5-6-11-7-10(9-18-19(4,14)15)8-12(16-2)13(11)17-3/h7-8H,5-6,9H2,1-4H3. The Morgan fingerprint density at radius 2 is 1.84 bits per heavy atom. The quantitative estimate of drug-likeness (QED) is 0.719. The van der Waals surface area contributed by atoms with E-state index >= 15 is 0 Å². The summed E-state index contributed by atoms with van der Waals surface area (Å²) in [5.41, 5.74) is 1.72. The SMILES string of the molecule is CCCc1cc(COS(C)(=O)=O)cc(OC)c1OC. The van der Waals surface area contributed by atoms with Crippen LogP contribution in [-0.2, 0) is 27.3 Å². The predicted octanol–water partition coefficient (Wildman–Crippen LogP) is 2.13. The summed E-state index contributed by atoms with van der Waals surface area (Å²) in [6, 6.07) is 3.61. The summed E-state index contributed by atoms with van der Waals surface area (Å²) in [5.74, 6) is 1.27. The van der Waals surface area contributed by atoms with Gasteiger partial charge in [-0.2, -0.15) is 8.42 Å². The zero-order valence-electron chi connectivity index (χ0n) is 11.7. The summed E-state index contributed by atoms with van der Waals surface area (Å²) >= 11 is 0. The molecule has 5 nitrogen and oxygen atoms in total. The summed E-state index contributed by atoms with van der Waals surface area (Å²) in [6.45, 7) is 2.06. The third-order valence-corrected chi connectivity index (χ3v) is 3.12. The van der Waals surface area contributed by atoms with Crippen LogP contribution in [-0.4, -0.2) is 28.9 Å². The maximum Gasteiger partial charge on any atom is 0.264 e. The summed E-state index contributed by atoms with van der Waals surface area (Å²) in [4.78, 5) is 0. The lowest BCUT2D eigenvalue weighted by Gasteiger charge is -2.14. The van der Waals surface area contributed by atoms with Gasteiger partial charge in [-0.3, -0.25) is 4.18 Å². The Labute approximate surface area is 114 Å². The highest BCUT2D eigenvalue weighted by Crippen LogP contribution is 2.33. The van der Waals surface area contributed by atoms with E-state index in [0.717, 1.165) is 30.2 Å². The maximum atomic E-state index is 11.0. The Bertz CT molecular complexity index is 522. The summed E-state index contributed by atoms with van der Waals surface area (Å²) < 4.78 is 37.4. The van der Waals surface area contributed by atoms with Crippen molar-refractivity contribution in [3.8, 4) is 11.5 Å². The molecule has 6 heteroatoms. The van der Waals surface area contributed by atoms with E-state index < -0.39 is 10.1 Å². The minimum absolute atomic E-state index is 0.00407. The monoisotopic (exact) mass is 288 g/mol. The fourth-order valence-electron chi connectivity index (χ4n) is 1.82. The first-order valence-electron chi connectivity index (χ1n) is 5.99. The lowest BCUT2D eigenvalue weighted by molar-refractivity contribution is 0.308. The molecule has 0 amide bonds. The van der Waals surface area contributed by atoms with E-state index in [1.54, 1.807) is 20.3 Å². The van der Waals surface area contributed by atoms with E-state index in [0.29, 0.717) is 11.5 Å². The van der Waals surface area contributed by atoms with Crippen LogP contribution >= 0.6 is 0 Å². The molecule has 0 spiro atoms. The Morgan fingerprint density at radius 1 is 1.16 bits per heavy atom. The molecule has 0 aliphatic heterocycles. The Hall–Kier alpha value is -1.27. The molecule has 0 bridgehead atoms. The van der Waals surface area contributed by atoms with Gasteiger partial charge in [0, 0.05) is 0 Å². The van der Waals surface area contributed by atoms with E-state index in [-0.39, 0.29) is 6.61 Å². The van der Waals surface area contributed by atoms with Crippen molar-refractivity contribution < 1.29 is 22.1 Å². The van der Waals surface area contributed by atoms with E-state index in [2.05, 4.69) is 6.92 Å². The lowest BCUT2D eigenvalue weighted by atomic mass is 10.0. The first-order chi connectivity index (χ1) is 8.91. The second kappa shape index (κ2) is 6.77. The predicted molar refractivity (Wildman–Crippen MR) is 73.2 cm³/mol. The normalized spacial score (nSPS) is 11.4. The highest BCUT2D eigenvalue weighted by atomic mass is 32.2. The minimum atomic E-state index is -3.45. The van der Waals surface area contributed by atoms with E-state index in [4.69, 9.17) is 13.7 Å². The summed E-state index contributed by atoms with van der Waals surface area (Å²) in [7, 11) is -0.317. The van der Waals surface area contributed by atoms with Crippen molar-refractivity contribution >= 4 is 10.1 Å². The van der Waals surface area contributed by atoms with Gasteiger partial charge in [-0.15, -0.1) is 0 Å². The molecule has 0 fully saturated rings. The second-order valence-corrected chi connectivity index (χ2v) is 5.85. The number of rotatable bonds is 7. The van der Waals surface area contributed by atoms with Crippen molar-refractivity contribution in [2.45, 2.75) is 26.4 Å². The van der Waals surface area contributed by atoms with Crippen LogP contribution in [0, 0.1) is 0 Å². The zero-order chi connectivity index (χ0) is 14.5.